The molecule has 24 aromatic rings. The van der Waals surface area contributed by atoms with Gasteiger partial charge in [-0.2, -0.15) is 0 Å². The molecule has 0 bridgehead atoms. The van der Waals surface area contributed by atoms with Gasteiger partial charge in [0.15, 0.2) is 0 Å². The van der Waals surface area contributed by atoms with Crippen LogP contribution in [0.1, 0.15) is 235 Å². The van der Waals surface area contributed by atoms with Crippen molar-refractivity contribution in [1.29, 1.82) is 0 Å². The van der Waals surface area contributed by atoms with Gasteiger partial charge in [0.1, 0.15) is 0 Å². The third-order valence-electron chi connectivity index (χ3n) is 20.6. The quantitative estimate of drug-likeness (QED) is 0.137. The number of aryl methyl sites for hydroxylation is 1. The molecule has 0 saturated heterocycles. The summed E-state index contributed by atoms with van der Waals surface area (Å²) in [7, 11) is 0. The average molecular weight is 1700 g/mol. The van der Waals surface area contributed by atoms with Gasteiger partial charge in [-0.15, -0.1) is 0 Å². The zero-order valence-corrected chi connectivity index (χ0v) is 58.9. The van der Waals surface area contributed by atoms with Crippen LogP contribution in [0, 0.1) is 6.92 Å². The molecule has 0 spiro atoms. The van der Waals surface area contributed by atoms with Gasteiger partial charge in [-0.3, -0.25) is 39.9 Å². The maximum atomic E-state index is 7.84. The molecule has 660 valence electrons. The Morgan fingerprint density at radius 2 is 0.385 bits per heavy atom. The molecule has 16 aromatic carbocycles. The number of pyridine rings is 7. The van der Waals surface area contributed by atoms with E-state index < -0.39 is 0 Å². The smallest absolute Gasteiger partial charge is 0.0974 e. The van der Waals surface area contributed by atoms with Crippen LogP contribution in [-0.4, -0.2) is 44.9 Å². The molecule has 0 amide bonds. The van der Waals surface area contributed by atoms with E-state index in [1.54, 1.807) is 18.6 Å². The minimum atomic E-state index is 0.515. The first-order valence-corrected chi connectivity index (χ1v) is 36.1. The van der Waals surface area contributed by atoms with Gasteiger partial charge < -0.3 is 0 Å². The number of aromatic nitrogens is 9. The standard InChI is InChI=1S/C17H12N2.3C17H11N.2C16H10N2.75H2/c1-11-10-18-16-14-8-4-2-6-12(14)13-7-3-5-9-15(13)17(16)19-11;2*1-2-7-14-12(6-1)13-8-3-4-9-15(13)17-16(14)10-5-11-18-17;1-2-7-14-12(5-1)13-6-3-4-8-15(13)17-11-18-10-9-16(14)17;1-2-6-12-11(5-1)13-7-3-9-17-15(13)16-14(12)8-4-10-18-16;1-2-4-12-11(3-1)13-5-7-17-10-16(13)14-6-8-18-9-15(12)14;;;;;;;;;;;;;;;;;;;;;;;;;;;;;;;;;;;;;;;;;;;;;;;;;;;;;;;;;;;;;;;;;;;;;;;;;;;/h2-10H,1H3;3*1-11H;2*1-10H;75*1H/i;4D;2D;4D;1D;2D;75*1+1D. The molecule has 8 aromatic heterocycles. The van der Waals surface area contributed by atoms with Crippen LogP contribution in [0.4, 0.5) is 0 Å². The minimum Gasteiger partial charge on any atom is -0.264 e. The third-order valence-corrected chi connectivity index (χ3v) is 20.6. The Kier molecular flexibility index (Phi) is 5.79. The van der Waals surface area contributed by atoms with E-state index in [0.717, 1.165) is 125 Å². The highest BCUT2D eigenvalue weighted by atomic mass is 14.8. The van der Waals surface area contributed by atoms with Crippen molar-refractivity contribution < 1.29 is 230 Å². The summed E-state index contributed by atoms with van der Waals surface area (Å²) < 4.78 is 789. The number of rotatable bonds is 0. The monoisotopic (exact) mass is 1700 g/mol. The first-order valence-electron chi connectivity index (χ1n) is 114. The molecular formula is C100H215N9. The normalized spacial score (nSPS) is 17.5. The highest BCUT2D eigenvalue weighted by Crippen LogP contribution is 2.40. The van der Waals surface area contributed by atoms with Gasteiger partial charge in [0.25, 0.3) is 0 Å². The maximum Gasteiger partial charge on any atom is 0.0974 e. The Morgan fingerprint density at radius 1 is 0.183 bits per heavy atom. The first kappa shape index (κ1) is 22.2. The third kappa shape index (κ3) is 11.8. The zero-order valence-electron chi connectivity index (χ0n) is 214. The summed E-state index contributed by atoms with van der Waals surface area (Å²) in [4.78, 5) is 40.0. The van der Waals surface area contributed by atoms with Gasteiger partial charge in [-0.1, -0.05) is 267 Å². The summed E-state index contributed by atoms with van der Waals surface area (Å²) in [6.45, 7) is 1.98. The molecule has 8 heterocycles. The second-order valence-electron chi connectivity index (χ2n) is 26.7. The Hall–Kier alpha value is -14.7. The van der Waals surface area contributed by atoms with Crippen molar-refractivity contribution in [3.05, 3.63) is 383 Å². The fraction of sp³-hybridized carbons (Fsp3) is 0.0100. The van der Waals surface area contributed by atoms with E-state index in [9.17, 15) is 0 Å². The van der Waals surface area contributed by atoms with E-state index in [4.69, 9.17) is 235 Å². The molecule has 0 N–H and O–H groups in total. The van der Waals surface area contributed by atoms with E-state index in [-0.39, 0.29) is 0 Å². The molecule has 9 heteroatoms. The summed E-state index contributed by atoms with van der Waals surface area (Å²) in [6, 6.07) is 95.5. The molecule has 0 saturated carbocycles. The topological polar surface area (TPSA) is 116 Å². The van der Waals surface area contributed by atoms with Gasteiger partial charge in [-0.05, 0) is 152 Å². The Bertz CT molecular complexity index is 6810. The Balaban J connectivity index is -0.0000000311. The van der Waals surface area contributed by atoms with Crippen molar-refractivity contribution in [2.45, 2.75) is 6.92 Å². The maximum absolute atomic E-state index is 7.84. The highest BCUT2D eigenvalue weighted by molar-refractivity contribution is 6.29. The summed E-state index contributed by atoms with van der Waals surface area (Å²) >= 11 is 0. The van der Waals surface area contributed by atoms with Crippen LogP contribution >= 0.6 is 0 Å². The lowest BCUT2D eigenvalue weighted by Gasteiger charge is -2.09. The average Bonchev–Trinajstić information content (AvgIpc) is 0.760. The van der Waals surface area contributed by atoms with E-state index in [2.05, 4.69) is 167 Å². The minimum absolute atomic E-state index is 0.515. The fourth-order valence-electron chi connectivity index (χ4n) is 15.8. The second-order valence-corrected chi connectivity index (χ2v) is 26.7. The van der Waals surface area contributed by atoms with Crippen LogP contribution < -0.4 is 0 Å². The van der Waals surface area contributed by atoms with Crippen molar-refractivity contribution in [2.24, 2.45) is 0 Å². The summed E-state index contributed by atoms with van der Waals surface area (Å²) in [5.41, 5.74) is 6.74. The number of hydrogen-bond acceptors (Lipinski definition) is 9. The van der Waals surface area contributed by atoms with Gasteiger partial charge in [0.05, 0.1) is 45.6 Å². The van der Waals surface area contributed by atoms with E-state index in [1.807, 2.05) is 208 Å². The molecular weight excluding hydrogens is 1330 g/mol. The summed E-state index contributed by atoms with van der Waals surface area (Å²) in [6.07, 6.45) is 20.1. The van der Waals surface area contributed by atoms with E-state index in [0.29, 0.717) is 30.2 Å². The van der Waals surface area contributed by atoms with Crippen molar-refractivity contribution in [2.75, 3.05) is 0 Å². The molecule has 0 unspecified atom stereocenters. The number of fused-ring (bicyclic) bond motifs is 36. The Labute approximate surface area is 864 Å². The van der Waals surface area contributed by atoms with Crippen LogP contribution in [0.25, 0.3) is 195 Å². The van der Waals surface area contributed by atoms with Crippen molar-refractivity contribution >= 4 is 195 Å². The van der Waals surface area contributed by atoms with Crippen LogP contribution in [0.5, 0.6) is 0 Å². The van der Waals surface area contributed by atoms with Crippen LogP contribution in [-0.2, 0) is 0 Å². The Morgan fingerprint density at radius 3 is 0.716 bits per heavy atom. The lowest BCUT2D eigenvalue weighted by atomic mass is 9.96. The van der Waals surface area contributed by atoms with Gasteiger partial charge in [-0.25, -0.2) is 4.98 Å². The largest absolute Gasteiger partial charge is 0.264 e. The van der Waals surface area contributed by atoms with Gasteiger partial charge in [0, 0.05) is 350 Å². The first-order chi connectivity index (χ1) is 131. The van der Waals surface area contributed by atoms with E-state index in [1.165, 1.54) is 75.4 Å². The SMILES string of the molecule is Cc1cnc2c3ccccc3c3ccccc3c2n1.[2H][2H].[2H][2H].[2H][2H].[2H][2H].[2H][2H].[2H][2H].[2H][2H].[2H][2H].[2H][2H].[2H][2H].[2H][2H].[2H][2H].[2H][2H].[2H][2H].[2H][2H].[2H][2H].[2H][2H].[2H][2H].[2H][2H].[2H][2H].[2H][2H].[2H][2H].[2H][2H].[2H][2H].[2H][2H].[2H][2H].[2H][2H].[2H][2H].[2H][2H].[2H][2H].[2H][2H].[2H][2H].[2H][2H].[2H][2H].[2H][2H].[2H][2H].[2H][2H].[2H][2H].[2H][2H].[2H][2H].[2H][2H].[2H][2H].[2H][2H].[2H][2H].[2H][2H].[2H][2H].[2H][2H].[2H][2H].[2H][2H].[2H][2H].[2H][2H].[2H][2H].[2H][2H].[2H][2H].[2H][2H].[2H][2H].[2H][2H].[2H][2H].[2H][2H].[2H][2H].[2H][2H].[2H][2H].[2H][2H].[2H][2H].[2H][2H].[2H][2H].[2H][2H].[2H][2H].[2H][2H].[2H][2H].[2H][2H].[2H][2H].[2H][2H].[2H][2H].[2H][2H].[2H]c1ccc2c(c1)c1cccnc1c1ncccc21.[2H]c1ccc2c3ccccc3c3cccnc3c2c1.[2H]c1ccc2c3ccccc3c3ccncc3c2c1.[2H]c1ccc2c3ccccc3c3ncccc3c2c1.[2H]c1ccc2c3ccncc3c3ccncc3c2c1. The van der Waals surface area contributed by atoms with E-state index >= 15 is 0 Å². The lowest BCUT2D eigenvalue weighted by molar-refractivity contribution is 1.19. The highest BCUT2D eigenvalue weighted by Gasteiger charge is 2.15. The predicted octanol–water partition coefficient (Wildman–Crippen LogP) is 44.2. The molecule has 0 aliphatic heterocycles. The molecule has 0 radical (unpaired) electrons. The second kappa shape index (κ2) is 28.4. The van der Waals surface area contributed by atoms with Crippen LogP contribution in [0.2, 0.25) is 0 Å². The van der Waals surface area contributed by atoms with Gasteiger partial charge >= 0.3 is 0 Å². The molecule has 9 nitrogen and oxygen atoms in total. The molecule has 0 fully saturated rings. The fourth-order valence-corrected chi connectivity index (χ4v) is 15.8. The molecule has 0 atom stereocenters. The lowest BCUT2D eigenvalue weighted by Crippen LogP contribution is -1.90. The molecule has 0 aliphatic carbocycles. The summed E-state index contributed by atoms with van der Waals surface area (Å²) in [5, 5.41) is 34.6. The molecule has 109 heavy (non-hydrogen) atoms. The molecule has 0 aliphatic rings. The van der Waals surface area contributed by atoms with Crippen molar-refractivity contribution in [1.82, 2.24) is 44.9 Å². The van der Waals surface area contributed by atoms with Gasteiger partial charge in [0.2, 0.25) is 0 Å². The summed E-state index contributed by atoms with van der Waals surface area (Å²) in [5.74, 6) is 0. The number of benzene rings is 16. The van der Waals surface area contributed by atoms with Crippen molar-refractivity contribution in [3.8, 4) is 0 Å². The number of hydrogen-bond donors (Lipinski definition) is 0. The van der Waals surface area contributed by atoms with Crippen LogP contribution in [0.3, 0.4) is 0 Å². The molecule has 24 rings (SSSR count). The number of nitrogens with zero attached hydrogens (tertiary/aromatic N) is 9. The van der Waals surface area contributed by atoms with Crippen molar-refractivity contribution in [3.63, 3.8) is 0 Å². The zero-order chi connectivity index (χ0) is 227. The van der Waals surface area contributed by atoms with Crippen LogP contribution in [0.15, 0.2) is 377 Å². The predicted molar refractivity (Wildman–Crippen MR) is 617 cm³/mol.